The van der Waals surface area contributed by atoms with Crippen molar-refractivity contribution in [1.29, 1.82) is 0 Å². The minimum absolute atomic E-state index is 0.276. The number of nitrogens with zero attached hydrogens (tertiary/aromatic N) is 5. The fourth-order valence-corrected chi connectivity index (χ4v) is 3.28. The average molecular weight is 348 g/mol. The number of rotatable bonds is 5. The molecule has 138 valence electrons. The van der Waals surface area contributed by atoms with E-state index in [0.717, 1.165) is 70.3 Å². The molecule has 0 saturated carbocycles. The van der Waals surface area contributed by atoms with E-state index in [-0.39, 0.29) is 5.91 Å². The van der Waals surface area contributed by atoms with Crippen LogP contribution in [0.3, 0.4) is 0 Å². The quantitative estimate of drug-likeness (QED) is 0.612. The molecule has 1 aromatic heterocycles. The van der Waals surface area contributed by atoms with Crippen LogP contribution in [0, 0.1) is 0 Å². The van der Waals surface area contributed by atoms with Crippen LogP contribution in [0.25, 0.3) is 0 Å². The summed E-state index contributed by atoms with van der Waals surface area (Å²) >= 11 is 0. The molecular formula is C17H28N6O2. The molecule has 25 heavy (non-hydrogen) atoms. The molecule has 1 amide bonds. The van der Waals surface area contributed by atoms with E-state index in [1.54, 1.807) is 6.26 Å². The predicted molar refractivity (Wildman–Crippen MR) is 95.1 cm³/mol. The summed E-state index contributed by atoms with van der Waals surface area (Å²) in [6.45, 7) is 9.31. The number of aliphatic imine (C=N–C) groups is 1. The third-order valence-electron chi connectivity index (χ3n) is 4.71. The van der Waals surface area contributed by atoms with Crippen molar-refractivity contribution in [3.05, 3.63) is 18.0 Å². The normalized spacial score (nSPS) is 19.5. The minimum atomic E-state index is 0.276. The number of piperazine rings is 1. The summed E-state index contributed by atoms with van der Waals surface area (Å²) in [7, 11) is 0. The highest BCUT2D eigenvalue weighted by Gasteiger charge is 2.24. The van der Waals surface area contributed by atoms with Crippen molar-refractivity contribution < 1.29 is 9.32 Å². The Kier molecular flexibility index (Phi) is 6.27. The third-order valence-corrected chi connectivity index (χ3v) is 4.71. The Hall–Kier alpha value is -2.09. The molecule has 2 fully saturated rings. The van der Waals surface area contributed by atoms with Crippen LogP contribution in [-0.4, -0.2) is 84.1 Å². The van der Waals surface area contributed by atoms with Gasteiger partial charge in [0.2, 0.25) is 5.91 Å². The first-order chi connectivity index (χ1) is 12.3. The summed E-state index contributed by atoms with van der Waals surface area (Å²) in [6.07, 6.45) is 3.86. The average Bonchev–Trinajstić information content (AvgIpc) is 3.33. The lowest BCUT2D eigenvalue weighted by Gasteiger charge is -2.36. The molecule has 2 aliphatic heterocycles. The van der Waals surface area contributed by atoms with Crippen LogP contribution in [0.15, 0.2) is 21.8 Å². The standard InChI is InChI=1S/C17H28N6O2/c1-2-18-17(19-13-15-5-12-25-20-15)23-10-8-21(9-11-23)14-16(24)22-6-3-4-7-22/h5,12H,2-4,6-11,13-14H2,1H3,(H,18,19). The number of amides is 1. The Balaban J connectivity index is 1.48. The number of likely N-dealkylation sites (tertiary alicyclic amines) is 1. The molecule has 3 rings (SSSR count). The number of carbonyl (C=O) groups excluding carboxylic acids is 1. The summed E-state index contributed by atoms with van der Waals surface area (Å²) < 4.78 is 4.85. The minimum Gasteiger partial charge on any atom is -0.364 e. The Morgan fingerprint density at radius 2 is 1.96 bits per heavy atom. The van der Waals surface area contributed by atoms with Gasteiger partial charge in [-0.3, -0.25) is 9.69 Å². The first-order valence-electron chi connectivity index (χ1n) is 9.19. The zero-order chi connectivity index (χ0) is 17.5. The highest BCUT2D eigenvalue weighted by molar-refractivity contribution is 5.80. The predicted octanol–water partition coefficient (Wildman–Crippen LogP) is 0.380. The molecule has 8 nitrogen and oxygen atoms in total. The van der Waals surface area contributed by atoms with Gasteiger partial charge >= 0.3 is 0 Å². The summed E-state index contributed by atoms with van der Waals surface area (Å²) in [5, 5.41) is 7.24. The van der Waals surface area contributed by atoms with Gasteiger partial charge in [-0.2, -0.15) is 0 Å². The van der Waals surface area contributed by atoms with Gasteiger partial charge in [0.05, 0.1) is 13.1 Å². The van der Waals surface area contributed by atoms with Crippen molar-refractivity contribution in [2.75, 3.05) is 52.4 Å². The van der Waals surface area contributed by atoms with Crippen molar-refractivity contribution >= 4 is 11.9 Å². The third kappa shape index (κ3) is 4.94. The van der Waals surface area contributed by atoms with E-state index in [1.807, 2.05) is 11.0 Å². The van der Waals surface area contributed by atoms with Gasteiger partial charge in [-0.05, 0) is 19.8 Å². The number of nitrogens with one attached hydrogen (secondary N) is 1. The van der Waals surface area contributed by atoms with E-state index >= 15 is 0 Å². The van der Waals surface area contributed by atoms with Crippen LogP contribution in [-0.2, 0) is 11.3 Å². The molecule has 0 aliphatic carbocycles. The Bertz CT molecular complexity index is 560. The van der Waals surface area contributed by atoms with Gasteiger partial charge < -0.3 is 19.6 Å². The van der Waals surface area contributed by atoms with E-state index in [2.05, 4.69) is 32.2 Å². The monoisotopic (exact) mass is 348 g/mol. The van der Waals surface area contributed by atoms with Crippen LogP contribution in [0.2, 0.25) is 0 Å². The van der Waals surface area contributed by atoms with E-state index in [0.29, 0.717) is 13.1 Å². The number of guanidine groups is 1. The maximum atomic E-state index is 12.3. The summed E-state index contributed by atoms with van der Waals surface area (Å²) in [4.78, 5) is 23.4. The fraction of sp³-hybridized carbons (Fsp3) is 0.706. The van der Waals surface area contributed by atoms with Gasteiger partial charge in [0.25, 0.3) is 0 Å². The van der Waals surface area contributed by atoms with Crippen molar-refractivity contribution in [2.24, 2.45) is 4.99 Å². The molecule has 0 atom stereocenters. The molecule has 0 bridgehead atoms. The maximum absolute atomic E-state index is 12.3. The van der Waals surface area contributed by atoms with E-state index in [9.17, 15) is 4.79 Å². The number of hydrogen-bond acceptors (Lipinski definition) is 5. The summed E-state index contributed by atoms with van der Waals surface area (Å²) in [6, 6.07) is 1.83. The first-order valence-corrected chi connectivity index (χ1v) is 9.19. The molecule has 3 heterocycles. The molecule has 0 aromatic carbocycles. The highest BCUT2D eigenvalue weighted by atomic mass is 16.5. The second kappa shape index (κ2) is 8.84. The van der Waals surface area contributed by atoms with Crippen molar-refractivity contribution in [3.8, 4) is 0 Å². The number of aromatic nitrogens is 1. The molecule has 0 radical (unpaired) electrons. The summed E-state index contributed by atoms with van der Waals surface area (Å²) in [5.41, 5.74) is 0.824. The topological polar surface area (TPSA) is 77.2 Å². The van der Waals surface area contributed by atoms with Crippen LogP contribution in [0.1, 0.15) is 25.5 Å². The zero-order valence-corrected chi connectivity index (χ0v) is 15.0. The second-order valence-electron chi connectivity index (χ2n) is 6.51. The van der Waals surface area contributed by atoms with Crippen LogP contribution in [0.4, 0.5) is 0 Å². The number of hydrogen-bond donors (Lipinski definition) is 1. The van der Waals surface area contributed by atoms with Crippen molar-refractivity contribution in [1.82, 2.24) is 25.2 Å². The molecule has 8 heteroatoms. The van der Waals surface area contributed by atoms with Gasteiger partial charge in [-0.1, -0.05) is 5.16 Å². The van der Waals surface area contributed by atoms with Gasteiger partial charge in [0.15, 0.2) is 5.96 Å². The van der Waals surface area contributed by atoms with E-state index < -0.39 is 0 Å². The number of carbonyl (C=O) groups is 1. The molecule has 2 aliphatic rings. The van der Waals surface area contributed by atoms with Gasteiger partial charge in [0.1, 0.15) is 12.0 Å². The van der Waals surface area contributed by atoms with Crippen LogP contribution in [0.5, 0.6) is 0 Å². The zero-order valence-electron chi connectivity index (χ0n) is 15.0. The molecule has 0 unspecified atom stereocenters. The molecule has 1 aromatic rings. The lowest BCUT2D eigenvalue weighted by Crippen LogP contribution is -2.54. The molecular weight excluding hydrogens is 320 g/mol. The fourth-order valence-electron chi connectivity index (χ4n) is 3.28. The largest absolute Gasteiger partial charge is 0.364 e. The Morgan fingerprint density at radius 1 is 1.20 bits per heavy atom. The molecule has 0 spiro atoms. The van der Waals surface area contributed by atoms with E-state index in [1.165, 1.54) is 0 Å². The van der Waals surface area contributed by atoms with E-state index in [4.69, 9.17) is 4.52 Å². The highest BCUT2D eigenvalue weighted by Crippen LogP contribution is 2.09. The van der Waals surface area contributed by atoms with Gasteiger partial charge in [-0.25, -0.2) is 4.99 Å². The summed E-state index contributed by atoms with van der Waals surface area (Å²) in [5.74, 6) is 1.17. The SMILES string of the molecule is CCNC(=NCc1ccon1)N1CCN(CC(=O)N2CCCC2)CC1. The maximum Gasteiger partial charge on any atom is 0.236 e. The molecule has 1 N–H and O–H groups in total. The smallest absolute Gasteiger partial charge is 0.236 e. The Labute approximate surface area is 148 Å². The lowest BCUT2D eigenvalue weighted by atomic mass is 10.3. The Morgan fingerprint density at radius 3 is 2.60 bits per heavy atom. The first kappa shape index (κ1) is 17.7. The molecule has 2 saturated heterocycles. The van der Waals surface area contributed by atoms with Crippen molar-refractivity contribution in [3.63, 3.8) is 0 Å². The van der Waals surface area contributed by atoms with Crippen LogP contribution < -0.4 is 5.32 Å². The van der Waals surface area contributed by atoms with Gasteiger partial charge in [0, 0.05) is 51.9 Å². The second-order valence-corrected chi connectivity index (χ2v) is 6.51. The lowest BCUT2D eigenvalue weighted by molar-refractivity contribution is -0.131. The van der Waals surface area contributed by atoms with Gasteiger partial charge in [-0.15, -0.1) is 0 Å². The van der Waals surface area contributed by atoms with Crippen LogP contribution >= 0.6 is 0 Å². The van der Waals surface area contributed by atoms with Crippen molar-refractivity contribution in [2.45, 2.75) is 26.3 Å².